The highest BCUT2D eigenvalue weighted by Crippen LogP contribution is 2.32. The minimum absolute atomic E-state index is 0.677. The largest absolute Gasteiger partial charge is 0.385 e. The summed E-state index contributed by atoms with van der Waals surface area (Å²) < 4.78 is 5.11. The van der Waals surface area contributed by atoms with Gasteiger partial charge in [-0.05, 0) is 40.0 Å². The maximum atomic E-state index is 5.11. The third-order valence-corrected chi connectivity index (χ3v) is 4.18. The number of hydrogen-bond acceptors (Lipinski definition) is 2. The third-order valence-electron chi connectivity index (χ3n) is 4.18. The van der Waals surface area contributed by atoms with Crippen LogP contribution >= 0.6 is 0 Å². The summed E-state index contributed by atoms with van der Waals surface area (Å²) in [6.07, 6.45) is 7.79. The van der Waals surface area contributed by atoms with Gasteiger partial charge in [-0.15, -0.1) is 0 Å². The molecule has 0 aliphatic heterocycles. The summed E-state index contributed by atoms with van der Waals surface area (Å²) in [7, 11) is 3.88. The lowest BCUT2D eigenvalue weighted by atomic mass is 9.85. The Kier molecular flexibility index (Phi) is 7.90. The first-order chi connectivity index (χ1) is 9.56. The van der Waals surface area contributed by atoms with Crippen molar-refractivity contribution in [2.24, 2.45) is 10.9 Å². The molecule has 0 bridgehead atoms. The van der Waals surface area contributed by atoms with E-state index in [1.807, 2.05) is 0 Å². The third kappa shape index (κ3) is 5.66. The Balaban J connectivity index is 2.67. The van der Waals surface area contributed by atoms with Crippen molar-refractivity contribution in [2.75, 3.05) is 27.3 Å². The lowest BCUT2D eigenvalue weighted by molar-refractivity contribution is 0.188. The van der Waals surface area contributed by atoms with Crippen LogP contribution in [-0.4, -0.2) is 38.0 Å². The van der Waals surface area contributed by atoms with Gasteiger partial charge in [0.25, 0.3) is 0 Å². The van der Waals surface area contributed by atoms with Crippen LogP contribution in [-0.2, 0) is 4.74 Å². The molecule has 1 rings (SSSR count). The molecule has 0 aromatic carbocycles. The summed E-state index contributed by atoms with van der Waals surface area (Å²) in [5, 5.41) is 0. The Bertz CT molecular complexity index is 337. The molecule has 1 aliphatic carbocycles. The van der Waals surface area contributed by atoms with Crippen LogP contribution in [0.25, 0.3) is 0 Å². The number of aliphatic imine (C=N–C) groups is 1. The average Bonchev–Trinajstić information content (AvgIpc) is 2.45. The van der Waals surface area contributed by atoms with Crippen molar-refractivity contribution in [3.8, 4) is 0 Å². The molecule has 1 saturated carbocycles. The summed E-state index contributed by atoms with van der Waals surface area (Å²) in [6, 6.07) is 0. The van der Waals surface area contributed by atoms with E-state index in [1.165, 1.54) is 43.4 Å². The van der Waals surface area contributed by atoms with Crippen molar-refractivity contribution < 1.29 is 4.74 Å². The molecule has 3 heteroatoms. The van der Waals surface area contributed by atoms with Gasteiger partial charge in [-0.3, -0.25) is 0 Å². The molecule has 1 aliphatic rings. The Morgan fingerprint density at radius 2 is 1.80 bits per heavy atom. The predicted molar refractivity (Wildman–Crippen MR) is 87.2 cm³/mol. The molecule has 116 valence electrons. The molecule has 1 fully saturated rings. The SMILES string of the molecule is COCCCN(C)C(C)=NC(=C(C)C)C1CCCCC1. The Hall–Kier alpha value is -0.830. The van der Waals surface area contributed by atoms with E-state index in [1.54, 1.807) is 7.11 Å². The van der Waals surface area contributed by atoms with Crippen molar-refractivity contribution in [1.82, 2.24) is 4.90 Å². The van der Waals surface area contributed by atoms with Crippen LogP contribution in [0, 0.1) is 5.92 Å². The minimum atomic E-state index is 0.677. The molecule has 20 heavy (non-hydrogen) atoms. The van der Waals surface area contributed by atoms with Gasteiger partial charge in [-0.1, -0.05) is 24.8 Å². The highest BCUT2D eigenvalue weighted by Gasteiger charge is 2.19. The lowest BCUT2D eigenvalue weighted by Crippen LogP contribution is -2.26. The molecular formula is C17H32N2O. The van der Waals surface area contributed by atoms with Gasteiger partial charge in [-0.25, -0.2) is 4.99 Å². The highest BCUT2D eigenvalue weighted by atomic mass is 16.5. The summed E-state index contributed by atoms with van der Waals surface area (Å²) in [5.41, 5.74) is 2.71. The average molecular weight is 280 g/mol. The van der Waals surface area contributed by atoms with Gasteiger partial charge in [0.15, 0.2) is 0 Å². The number of rotatable bonds is 6. The van der Waals surface area contributed by atoms with Crippen LogP contribution in [0.15, 0.2) is 16.3 Å². The molecule has 0 aromatic heterocycles. The van der Waals surface area contributed by atoms with Crippen molar-refractivity contribution >= 4 is 5.84 Å². The zero-order valence-electron chi connectivity index (χ0n) is 14.0. The molecule has 0 atom stereocenters. The Morgan fingerprint density at radius 3 is 2.35 bits per heavy atom. The fraction of sp³-hybridized carbons (Fsp3) is 0.824. The van der Waals surface area contributed by atoms with Crippen molar-refractivity contribution in [3.05, 3.63) is 11.3 Å². The Labute approximate surface area is 125 Å². The van der Waals surface area contributed by atoms with Gasteiger partial charge in [0.2, 0.25) is 0 Å². The molecule has 0 heterocycles. The summed E-state index contributed by atoms with van der Waals surface area (Å²) >= 11 is 0. The summed E-state index contributed by atoms with van der Waals surface area (Å²) in [4.78, 5) is 7.20. The maximum Gasteiger partial charge on any atom is 0.101 e. The van der Waals surface area contributed by atoms with E-state index in [0.29, 0.717) is 5.92 Å². The van der Waals surface area contributed by atoms with Crippen LogP contribution in [0.1, 0.15) is 59.3 Å². The van der Waals surface area contributed by atoms with Gasteiger partial charge >= 0.3 is 0 Å². The molecule has 3 nitrogen and oxygen atoms in total. The molecular weight excluding hydrogens is 248 g/mol. The molecule has 0 N–H and O–H groups in total. The molecule has 0 amide bonds. The molecule has 0 spiro atoms. The first-order valence-corrected chi connectivity index (χ1v) is 7.99. The number of amidine groups is 1. The van der Waals surface area contributed by atoms with Crippen LogP contribution in [0.4, 0.5) is 0 Å². The number of allylic oxidation sites excluding steroid dienone is 2. The number of hydrogen-bond donors (Lipinski definition) is 0. The van der Waals surface area contributed by atoms with E-state index in [4.69, 9.17) is 9.73 Å². The van der Waals surface area contributed by atoms with Gasteiger partial charge in [-0.2, -0.15) is 0 Å². The topological polar surface area (TPSA) is 24.8 Å². The van der Waals surface area contributed by atoms with Gasteiger partial charge in [0.1, 0.15) is 5.84 Å². The highest BCUT2D eigenvalue weighted by molar-refractivity contribution is 5.80. The van der Waals surface area contributed by atoms with Crippen LogP contribution in [0.2, 0.25) is 0 Å². The van der Waals surface area contributed by atoms with Crippen LogP contribution < -0.4 is 0 Å². The van der Waals surface area contributed by atoms with E-state index < -0.39 is 0 Å². The smallest absolute Gasteiger partial charge is 0.101 e. The number of methoxy groups -OCH3 is 1. The summed E-state index contributed by atoms with van der Waals surface area (Å²) in [6.45, 7) is 8.34. The first kappa shape index (κ1) is 17.2. The molecule has 0 saturated heterocycles. The second-order valence-electron chi connectivity index (χ2n) is 6.15. The fourth-order valence-electron chi connectivity index (χ4n) is 2.85. The van der Waals surface area contributed by atoms with Crippen molar-refractivity contribution in [1.29, 1.82) is 0 Å². The standard InChI is InChI=1S/C17H32N2O/c1-14(2)17(16-10-7-6-8-11-16)18-15(3)19(4)12-9-13-20-5/h16H,6-13H2,1-5H3. The minimum Gasteiger partial charge on any atom is -0.385 e. The van der Waals surface area contributed by atoms with E-state index in [9.17, 15) is 0 Å². The molecule has 0 unspecified atom stereocenters. The van der Waals surface area contributed by atoms with Crippen molar-refractivity contribution in [3.63, 3.8) is 0 Å². The first-order valence-electron chi connectivity index (χ1n) is 7.99. The van der Waals surface area contributed by atoms with E-state index in [-0.39, 0.29) is 0 Å². The predicted octanol–water partition coefficient (Wildman–Crippen LogP) is 4.25. The monoisotopic (exact) mass is 280 g/mol. The van der Waals surface area contributed by atoms with Crippen LogP contribution in [0.5, 0.6) is 0 Å². The zero-order chi connectivity index (χ0) is 15.0. The zero-order valence-corrected chi connectivity index (χ0v) is 14.0. The van der Waals surface area contributed by atoms with E-state index in [0.717, 1.165) is 25.4 Å². The quantitative estimate of drug-likeness (QED) is 0.413. The molecule has 0 radical (unpaired) electrons. The van der Waals surface area contributed by atoms with E-state index >= 15 is 0 Å². The second-order valence-corrected chi connectivity index (χ2v) is 6.15. The van der Waals surface area contributed by atoms with Gasteiger partial charge < -0.3 is 9.64 Å². The Morgan fingerprint density at radius 1 is 1.15 bits per heavy atom. The van der Waals surface area contributed by atoms with Crippen molar-refractivity contribution in [2.45, 2.75) is 59.3 Å². The van der Waals surface area contributed by atoms with Gasteiger partial charge in [0.05, 0.1) is 0 Å². The summed E-state index contributed by atoms with van der Waals surface area (Å²) in [5.74, 6) is 1.80. The maximum absolute atomic E-state index is 5.11. The van der Waals surface area contributed by atoms with Crippen LogP contribution in [0.3, 0.4) is 0 Å². The lowest BCUT2D eigenvalue weighted by Gasteiger charge is -2.25. The normalized spacial score (nSPS) is 17.1. The van der Waals surface area contributed by atoms with Gasteiger partial charge in [0, 0.05) is 38.9 Å². The fourth-order valence-corrected chi connectivity index (χ4v) is 2.85. The second kappa shape index (κ2) is 9.17. The van der Waals surface area contributed by atoms with E-state index in [2.05, 4.69) is 32.7 Å². The number of ether oxygens (including phenoxy) is 1. The number of nitrogens with zero attached hydrogens (tertiary/aromatic N) is 2. The molecule has 0 aromatic rings.